The Bertz CT molecular complexity index is 409. The molecule has 19 heavy (non-hydrogen) atoms. The van der Waals surface area contributed by atoms with Gasteiger partial charge in [-0.25, -0.2) is 0 Å². The molecule has 1 aromatic heterocycles. The minimum Gasteiger partial charge on any atom is -0.465 e. The molecule has 0 aliphatic carbocycles. The Morgan fingerprint density at radius 1 is 1.32 bits per heavy atom. The summed E-state index contributed by atoms with van der Waals surface area (Å²) in [7, 11) is 1.95. The van der Waals surface area contributed by atoms with Crippen molar-refractivity contribution in [1.82, 2.24) is 10.2 Å². The molecule has 1 aromatic rings. The van der Waals surface area contributed by atoms with Gasteiger partial charge < -0.3 is 9.73 Å². The van der Waals surface area contributed by atoms with Crippen LogP contribution in [-0.4, -0.2) is 25.0 Å². The second-order valence-electron chi connectivity index (χ2n) is 6.62. The maximum absolute atomic E-state index is 5.78. The zero-order valence-electron chi connectivity index (χ0n) is 12.9. The zero-order chi connectivity index (χ0) is 13.9. The summed E-state index contributed by atoms with van der Waals surface area (Å²) in [6.45, 7) is 11.1. The van der Waals surface area contributed by atoms with Gasteiger partial charge in [0.1, 0.15) is 11.5 Å². The van der Waals surface area contributed by atoms with Crippen LogP contribution in [0.3, 0.4) is 0 Å². The lowest BCUT2D eigenvalue weighted by Crippen LogP contribution is -2.25. The van der Waals surface area contributed by atoms with E-state index >= 15 is 0 Å². The monoisotopic (exact) mass is 264 g/mol. The molecule has 0 radical (unpaired) electrons. The van der Waals surface area contributed by atoms with Gasteiger partial charge in [-0.2, -0.15) is 0 Å². The van der Waals surface area contributed by atoms with Crippen molar-refractivity contribution < 1.29 is 4.42 Å². The minimum absolute atomic E-state index is 0.511. The topological polar surface area (TPSA) is 28.4 Å². The molecule has 0 atom stereocenters. The van der Waals surface area contributed by atoms with Crippen molar-refractivity contribution in [3.63, 3.8) is 0 Å². The van der Waals surface area contributed by atoms with Gasteiger partial charge in [0.25, 0.3) is 0 Å². The smallest absolute Gasteiger partial charge is 0.118 e. The molecule has 0 unspecified atom stereocenters. The Morgan fingerprint density at radius 3 is 2.84 bits per heavy atom. The molecule has 3 heteroatoms. The maximum atomic E-state index is 5.78. The van der Waals surface area contributed by atoms with E-state index in [4.69, 9.17) is 4.42 Å². The fraction of sp³-hybridized carbons (Fsp3) is 0.750. The van der Waals surface area contributed by atoms with Crippen molar-refractivity contribution in [2.75, 3.05) is 20.1 Å². The first-order valence-electron chi connectivity index (χ1n) is 7.45. The molecule has 1 saturated heterocycles. The van der Waals surface area contributed by atoms with Crippen LogP contribution in [0.2, 0.25) is 0 Å². The summed E-state index contributed by atoms with van der Waals surface area (Å²) >= 11 is 0. The van der Waals surface area contributed by atoms with E-state index in [2.05, 4.69) is 37.1 Å². The third kappa shape index (κ3) is 4.08. The van der Waals surface area contributed by atoms with Crippen molar-refractivity contribution in [2.45, 2.75) is 53.1 Å². The summed E-state index contributed by atoms with van der Waals surface area (Å²) in [6, 6.07) is 2.21. The molecule has 0 saturated carbocycles. The summed E-state index contributed by atoms with van der Waals surface area (Å²) < 4.78 is 5.78. The molecule has 0 spiro atoms. The highest BCUT2D eigenvalue weighted by Gasteiger charge is 2.23. The standard InChI is InChI=1S/C16H28N2O/c1-13-14(10-15(19-13)11-17-4)12-18-8-5-6-16(2,3)7-9-18/h10,17H,5-9,11-12H2,1-4H3. The van der Waals surface area contributed by atoms with Crippen LogP contribution in [-0.2, 0) is 13.1 Å². The Labute approximate surface area is 117 Å². The van der Waals surface area contributed by atoms with Crippen LogP contribution in [0.25, 0.3) is 0 Å². The molecular weight excluding hydrogens is 236 g/mol. The molecule has 1 aliphatic heterocycles. The summed E-state index contributed by atoms with van der Waals surface area (Å²) in [4.78, 5) is 2.58. The molecule has 108 valence electrons. The molecule has 2 heterocycles. The highest BCUT2D eigenvalue weighted by molar-refractivity contribution is 5.20. The quantitative estimate of drug-likeness (QED) is 0.904. The van der Waals surface area contributed by atoms with Crippen molar-refractivity contribution in [3.05, 3.63) is 23.2 Å². The highest BCUT2D eigenvalue weighted by Crippen LogP contribution is 2.30. The minimum atomic E-state index is 0.511. The lowest BCUT2D eigenvalue weighted by Gasteiger charge is -2.23. The molecular formula is C16H28N2O. The van der Waals surface area contributed by atoms with Gasteiger partial charge in [-0.3, -0.25) is 4.90 Å². The Kier molecular flexibility index (Phi) is 4.69. The normalized spacial score (nSPS) is 20.4. The van der Waals surface area contributed by atoms with Crippen molar-refractivity contribution >= 4 is 0 Å². The van der Waals surface area contributed by atoms with Gasteiger partial charge in [0.2, 0.25) is 0 Å². The van der Waals surface area contributed by atoms with Crippen molar-refractivity contribution in [1.29, 1.82) is 0 Å². The second-order valence-corrected chi connectivity index (χ2v) is 6.62. The number of likely N-dealkylation sites (tertiary alicyclic amines) is 1. The third-order valence-corrected chi connectivity index (χ3v) is 4.25. The van der Waals surface area contributed by atoms with Crippen molar-refractivity contribution in [2.24, 2.45) is 5.41 Å². The van der Waals surface area contributed by atoms with E-state index in [-0.39, 0.29) is 0 Å². The van der Waals surface area contributed by atoms with Crippen LogP contribution in [0.15, 0.2) is 10.5 Å². The van der Waals surface area contributed by atoms with Crippen LogP contribution >= 0.6 is 0 Å². The predicted molar refractivity (Wildman–Crippen MR) is 79.1 cm³/mol. The summed E-state index contributed by atoms with van der Waals surface area (Å²) in [5, 5.41) is 3.14. The number of nitrogens with one attached hydrogen (secondary N) is 1. The number of nitrogens with zero attached hydrogens (tertiary/aromatic N) is 1. The van der Waals surface area contributed by atoms with Gasteiger partial charge in [-0.05, 0) is 57.8 Å². The summed E-state index contributed by atoms with van der Waals surface area (Å²) in [5.74, 6) is 2.12. The fourth-order valence-corrected chi connectivity index (χ4v) is 2.88. The zero-order valence-corrected chi connectivity index (χ0v) is 12.9. The molecule has 1 N–H and O–H groups in total. The van der Waals surface area contributed by atoms with Gasteiger partial charge in [0, 0.05) is 12.1 Å². The SMILES string of the molecule is CNCc1cc(CN2CCCC(C)(C)CC2)c(C)o1. The maximum Gasteiger partial charge on any atom is 0.118 e. The van der Waals surface area contributed by atoms with Gasteiger partial charge in [-0.1, -0.05) is 13.8 Å². The Morgan fingerprint density at radius 2 is 2.11 bits per heavy atom. The average Bonchev–Trinajstić information content (AvgIpc) is 2.56. The van der Waals surface area contributed by atoms with Gasteiger partial charge in [-0.15, -0.1) is 0 Å². The first-order chi connectivity index (χ1) is 9.00. The molecule has 3 nitrogen and oxygen atoms in total. The molecule has 0 bridgehead atoms. The number of rotatable bonds is 4. The fourth-order valence-electron chi connectivity index (χ4n) is 2.88. The van der Waals surface area contributed by atoms with Crippen LogP contribution in [0.5, 0.6) is 0 Å². The van der Waals surface area contributed by atoms with E-state index in [1.165, 1.54) is 37.9 Å². The molecule has 0 aromatic carbocycles. The van der Waals surface area contributed by atoms with E-state index in [0.29, 0.717) is 5.41 Å². The second kappa shape index (κ2) is 6.10. The van der Waals surface area contributed by atoms with Crippen LogP contribution < -0.4 is 5.32 Å². The van der Waals surface area contributed by atoms with Crippen LogP contribution in [0, 0.1) is 12.3 Å². The van der Waals surface area contributed by atoms with Crippen LogP contribution in [0.1, 0.15) is 50.2 Å². The van der Waals surface area contributed by atoms with Crippen LogP contribution in [0.4, 0.5) is 0 Å². The molecule has 1 fully saturated rings. The largest absolute Gasteiger partial charge is 0.465 e. The lowest BCUT2D eigenvalue weighted by molar-refractivity contribution is 0.254. The van der Waals surface area contributed by atoms with Gasteiger partial charge in [0.05, 0.1) is 6.54 Å². The van der Waals surface area contributed by atoms with E-state index in [1.807, 2.05) is 7.05 Å². The van der Waals surface area contributed by atoms with E-state index < -0.39 is 0 Å². The van der Waals surface area contributed by atoms with E-state index in [9.17, 15) is 0 Å². The lowest BCUT2D eigenvalue weighted by atomic mass is 9.85. The number of furan rings is 1. The first-order valence-corrected chi connectivity index (χ1v) is 7.45. The van der Waals surface area contributed by atoms with Crippen molar-refractivity contribution in [3.8, 4) is 0 Å². The summed E-state index contributed by atoms with van der Waals surface area (Å²) in [6.07, 6.45) is 3.96. The summed E-state index contributed by atoms with van der Waals surface area (Å²) in [5.41, 5.74) is 1.86. The Balaban J connectivity index is 1.97. The first kappa shape index (κ1) is 14.6. The third-order valence-electron chi connectivity index (χ3n) is 4.25. The van der Waals surface area contributed by atoms with Gasteiger partial charge >= 0.3 is 0 Å². The van der Waals surface area contributed by atoms with E-state index in [1.54, 1.807) is 0 Å². The predicted octanol–water partition coefficient (Wildman–Crippen LogP) is 3.32. The molecule has 2 rings (SSSR count). The average molecular weight is 264 g/mol. The number of hydrogen-bond donors (Lipinski definition) is 1. The highest BCUT2D eigenvalue weighted by atomic mass is 16.3. The molecule has 1 aliphatic rings. The number of aryl methyl sites for hydroxylation is 1. The number of hydrogen-bond acceptors (Lipinski definition) is 3. The molecule has 0 amide bonds. The van der Waals surface area contributed by atoms with Gasteiger partial charge in [0.15, 0.2) is 0 Å². The van der Waals surface area contributed by atoms with E-state index in [0.717, 1.165) is 24.6 Å². The Hall–Kier alpha value is -0.800.